The first kappa shape index (κ1) is 11.0. The number of benzene rings is 1. The fraction of sp³-hybridized carbons (Fsp3) is 0.231. The van der Waals surface area contributed by atoms with Crippen molar-refractivity contribution in [1.29, 1.82) is 0 Å². The molecule has 0 spiro atoms. The van der Waals surface area contributed by atoms with Crippen molar-refractivity contribution in [3.8, 4) is 11.3 Å². The number of aliphatic hydroxyl groups is 1. The number of nitrogens with zero attached hydrogens (tertiary/aromatic N) is 1. The topological polar surface area (TPSA) is 83.6 Å². The van der Waals surface area contributed by atoms with Crippen molar-refractivity contribution in [1.82, 2.24) is 5.16 Å². The molecule has 2 N–H and O–H groups in total. The summed E-state index contributed by atoms with van der Waals surface area (Å²) in [5.74, 6) is -1.34. The quantitative estimate of drug-likeness (QED) is 0.864. The maximum Gasteiger partial charge on any atom is 0.374 e. The molecule has 0 bridgehead atoms. The lowest BCUT2D eigenvalue weighted by Crippen LogP contribution is -2.03. The highest BCUT2D eigenvalue weighted by Gasteiger charge is 2.42. The van der Waals surface area contributed by atoms with E-state index in [0.717, 1.165) is 24.0 Å². The average molecular weight is 245 g/mol. The van der Waals surface area contributed by atoms with Gasteiger partial charge >= 0.3 is 5.97 Å². The van der Waals surface area contributed by atoms with Crippen molar-refractivity contribution in [3.63, 3.8) is 0 Å². The second kappa shape index (κ2) is 3.68. The minimum atomic E-state index is -1.15. The molecule has 92 valence electrons. The van der Waals surface area contributed by atoms with E-state index in [9.17, 15) is 9.90 Å². The molecular formula is C13H11NO4. The summed E-state index contributed by atoms with van der Waals surface area (Å²) in [6.07, 6.45) is 1.52. The van der Waals surface area contributed by atoms with E-state index in [4.69, 9.17) is 9.63 Å². The Bertz CT molecular complexity index is 613. The van der Waals surface area contributed by atoms with Gasteiger partial charge in [-0.15, -0.1) is 0 Å². The third-order valence-corrected chi connectivity index (χ3v) is 3.14. The summed E-state index contributed by atoms with van der Waals surface area (Å²) in [4.78, 5) is 10.7. The molecule has 2 aromatic rings. The molecule has 1 fully saturated rings. The standard InChI is InChI=1S/C13H11NO4/c15-12(16)11-7-10(14-18-11)8-2-1-3-9(6-8)13(17)4-5-13/h1-3,6-7,17H,4-5H2,(H,15,16). The number of hydrogen-bond acceptors (Lipinski definition) is 4. The number of rotatable bonds is 3. The molecular weight excluding hydrogens is 234 g/mol. The van der Waals surface area contributed by atoms with Gasteiger partial charge in [0, 0.05) is 11.6 Å². The number of carboxylic acids is 1. The Kier molecular flexibility index (Phi) is 2.24. The minimum absolute atomic E-state index is 0.194. The van der Waals surface area contributed by atoms with Gasteiger partial charge in [-0.2, -0.15) is 0 Å². The van der Waals surface area contributed by atoms with Crippen LogP contribution in [0.1, 0.15) is 29.0 Å². The highest BCUT2D eigenvalue weighted by molar-refractivity contribution is 5.85. The predicted molar refractivity (Wildman–Crippen MR) is 62.0 cm³/mol. The van der Waals surface area contributed by atoms with Crippen LogP contribution in [0.15, 0.2) is 34.9 Å². The van der Waals surface area contributed by atoms with E-state index in [1.54, 1.807) is 6.07 Å². The second-order valence-electron chi connectivity index (χ2n) is 4.49. The SMILES string of the molecule is O=C(O)c1cc(-c2cccc(C3(O)CC3)c2)no1. The van der Waals surface area contributed by atoms with E-state index in [1.807, 2.05) is 18.2 Å². The Hall–Kier alpha value is -2.14. The lowest BCUT2D eigenvalue weighted by Gasteiger charge is -2.08. The lowest BCUT2D eigenvalue weighted by molar-refractivity contribution is 0.0652. The van der Waals surface area contributed by atoms with Gasteiger partial charge in [0.1, 0.15) is 5.69 Å². The van der Waals surface area contributed by atoms with Gasteiger partial charge < -0.3 is 14.7 Å². The van der Waals surface area contributed by atoms with Crippen LogP contribution in [0.5, 0.6) is 0 Å². The van der Waals surface area contributed by atoms with Crippen molar-refractivity contribution < 1.29 is 19.5 Å². The summed E-state index contributed by atoms with van der Waals surface area (Å²) in [5.41, 5.74) is 1.32. The largest absolute Gasteiger partial charge is 0.475 e. The summed E-state index contributed by atoms with van der Waals surface area (Å²) in [6.45, 7) is 0. The van der Waals surface area contributed by atoms with Crippen LogP contribution in [-0.4, -0.2) is 21.3 Å². The third kappa shape index (κ3) is 1.78. The highest BCUT2D eigenvalue weighted by Crippen LogP contribution is 2.45. The van der Waals surface area contributed by atoms with Crippen LogP contribution in [0.25, 0.3) is 11.3 Å². The van der Waals surface area contributed by atoms with E-state index in [2.05, 4.69) is 5.16 Å². The predicted octanol–water partition coefficient (Wildman–Crippen LogP) is 2.02. The van der Waals surface area contributed by atoms with Crippen LogP contribution in [-0.2, 0) is 5.60 Å². The molecule has 18 heavy (non-hydrogen) atoms. The molecule has 0 saturated heterocycles. The van der Waals surface area contributed by atoms with Crippen molar-refractivity contribution >= 4 is 5.97 Å². The molecule has 1 aromatic carbocycles. The van der Waals surface area contributed by atoms with E-state index in [1.165, 1.54) is 6.07 Å². The second-order valence-corrected chi connectivity index (χ2v) is 4.49. The van der Waals surface area contributed by atoms with Gasteiger partial charge in [-0.3, -0.25) is 0 Å². The van der Waals surface area contributed by atoms with Gasteiger partial charge in [0.25, 0.3) is 0 Å². The number of hydrogen-bond donors (Lipinski definition) is 2. The Morgan fingerprint density at radius 1 is 1.33 bits per heavy atom. The van der Waals surface area contributed by atoms with Crippen molar-refractivity contribution in [2.24, 2.45) is 0 Å². The Labute approximate surface area is 103 Å². The average Bonchev–Trinajstić information content (AvgIpc) is 2.95. The molecule has 1 aromatic heterocycles. The number of carboxylic acid groups (broad SMARTS) is 1. The van der Waals surface area contributed by atoms with Gasteiger partial charge in [0.05, 0.1) is 5.60 Å². The summed E-state index contributed by atoms with van der Waals surface area (Å²) < 4.78 is 4.71. The number of aromatic carboxylic acids is 1. The molecule has 0 unspecified atom stereocenters. The zero-order chi connectivity index (χ0) is 12.8. The van der Waals surface area contributed by atoms with E-state index in [-0.39, 0.29) is 5.76 Å². The molecule has 1 heterocycles. The Morgan fingerprint density at radius 2 is 2.11 bits per heavy atom. The smallest absolute Gasteiger partial charge is 0.374 e. The van der Waals surface area contributed by atoms with E-state index < -0.39 is 11.6 Å². The summed E-state index contributed by atoms with van der Waals surface area (Å²) in [7, 11) is 0. The van der Waals surface area contributed by atoms with Gasteiger partial charge in [0.2, 0.25) is 5.76 Å². The molecule has 1 aliphatic rings. The fourth-order valence-electron chi connectivity index (χ4n) is 1.89. The highest BCUT2D eigenvalue weighted by atomic mass is 16.5. The monoisotopic (exact) mass is 245 g/mol. The fourth-order valence-corrected chi connectivity index (χ4v) is 1.89. The molecule has 0 aliphatic heterocycles. The first-order chi connectivity index (χ1) is 8.58. The molecule has 3 rings (SSSR count). The van der Waals surface area contributed by atoms with Crippen molar-refractivity contribution in [2.75, 3.05) is 0 Å². The maximum atomic E-state index is 10.7. The molecule has 0 amide bonds. The molecule has 0 atom stereocenters. The van der Waals surface area contributed by atoms with Crippen LogP contribution in [0.2, 0.25) is 0 Å². The summed E-state index contributed by atoms with van der Waals surface area (Å²) in [6, 6.07) is 8.67. The Balaban J connectivity index is 1.98. The normalized spacial score (nSPS) is 16.5. The zero-order valence-corrected chi connectivity index (χ0v) is 9.46. The van der Waals surface area contributed by atoms with Crippen LogP contribution in [0.3, 0.4) is 0 Å². The summed E-state index contributed by atoms with van der Waals surface area (Å²) >= 11 is 0. The first-order valence-electron chi connectivity index (χ1n) is 5.62. The van der Waals surface area contributed by atoms with Gasteiger partial charge in [-0.25, -0.2) is 4.79 Å². The lowest BCUT2D eigenvalue weighted by atomic mass is 10.0. The third-order valence-electron chi connectivity index (χ3n) is 3.14. The maximum absolute atomic E-state index is 10.7. The van der Waals surface area contributed by atoms with Gasteiger partial charge in [-0.1, -0.05) is 23.4 Å². The van der Waals surface area contributed by atoms with Gasteiger partial charge in [0.15, 0.2) is 0 Å². The van der Waals surface area contributed by atoms with Crippen LogP contribution in [0.4, 0.5) is 0 Å². The van der Waals surface area contributed by atoms with E-state index in [0.29, 0.717) is 5.69 Å². The number of carbonyl (C=O) groups is 1. The minimum Gasteiger partial charge on any atom is -0.475 e. The van der Waals surface area contributed by atoms with Crippen LogP contribution in [0, 0.1) is 0 Å². The Morgan fingerprint density at radius 3 is 2.72 bits per heavy atom. The molecule has 1 saturated carbocycles. The van der Waals surface area contributed by atoms with Crippen molar-refractivity contribution in [3.05, 3.63) is 41.7 Å². The molecule has 1 aliphatic carbocycles. The van der Waals surface area contributed by atoms with Gasteiger partial charge in [-0.05, 0) is 24.5 Å². The molecule has 5 heteroatoms. The zero-order valence-electron chi connectivity index (χ0n) is 9.46. The van der Waals surface area contributed by atoms with Crippen molar-refractivity contribution in [2.45, 2.75) is 18.4 Å². The molecule has 5 nitrogen and oxygen atoms in total. The molecule has 0 radical (unpaired) electrons. The van der Waals surface area contributed by atoms with Crippen LogP contribution >= 0.6 is 0 Å². The number of aromatic nitrogens is 1. The first-order valence-corrected chi connectivity index (χ1v) is 5.62. The van der Waals surface area contributed by atoms with E-state index >= 15 is 0 Å². The summed E-state index contributed by atoms with van der Waals surface area (Å²) in [5, 5.41) is 22.5. The van der Waals surface area contributed by atoms with Crippen LogP contribution < -0.4 is 0 Å².